The second-order valence-electron chi connectivity index (χ2n) is 9.89. The third-order valence-electron chi connectivity index (χ3n) is 7.07. The number of anilines is 1. The van der Waals surface area contributed by atoms with E-state index in [2.05, 4.69) is 11.4 Å². The number of amides is 4. The highest BCUT2D eigenvalue weighted by molar-refractivity contribution is 6.07. The summed E-state index contributed by atoms with van der Waals surface area (Å²) in [6, 6.07) is 5.79. The average Bonchev–Trinajstić information content (AvgIpc) is 3.46. The number of hydrogen-bond acceptors (Lipinski definition) is 5. The molecule has 4 amide bonds. The van der Waals surface area contributed by atoms with Gasteiger partial charge < -0.3 is 20.4 Å². The number of fused-ring (bicyclic) bond motifs is 2. The minimum Gasteiger partial charge on any atom is -0.336 e. The molecule has 2 fully saturated rings. The number of halogens is 3. The number of nitrogens with one attached hydrogen (secondary N) is 2. The van der Waals surface area contributed by atoms with Crippen LogP contribution in [0.3, 0.4) is 0 Å². The van der Waals surface area contributed by atoms with E-state index in [1.165, 1.54) is 9.80 Å². The van der Waals surface area contributed by atoms with Crippen LogP contribution in [0.15, 0.2) is 24.3 Å². The van der Waals surface area contributed by atoms with Crippen molar-refractivity contribution in [3.8, 4) is 6.07 Å². The van der Waals surface area contributed by atoms with Crippen molar-refractivity contribution in [1.82, 2.24) is 15.1 Å². The van der Waals surface area contributed by atoms with Crippen molar-refractivity contribution in [3.63, 3.8) is 0 Å². The van der Waals surface area contributed by atoms with Gasteiger partial charge >= 0.3 is 12.1 Å². The molecule has 2 N–H and O–H groups in total. The second-order valence-corrected chi connectivity index (χ2v) is 9.89. The van der Waals surface area contributed by atoms with Gasteiger partial charge in [0.15, 0.2) is 0 Å². The average molecular weight is 505 g/mol. The van der Waals surface area contributed by atoms with Crippen molar-refractivity contribution in [2.75, 3.05) is 18.4 Å². The molecule has 3 aliphatic rings. The topological polar surface area (TPSA) is 123 Å². The Bertz CT molecular complexity index is 1150. The highest BCUT2D eigenvalue weighted by Gasteiger charge is 2.57. The molecule has 3 aliphatic heterocycles. The van der Waals surface area contributed by atoms with Crippen molar-refractivity contribution < 1.29 is 32.3 Å². The van der Waals surface area contributed by atoms with Gasteiger partial charge in [0.05, 0.1) is 11.5 Å². The van der Waals surface area contributed by atoms with Gasteiger partial charge in [-0.15, -0.1) is 0 Å². The number of para-hydroxylation sites is 1. The molecule has 2 saturated heterocycles. The predicted molar refractivity (Wildman–Crippen MR) is 120 cm³/mol. The van der Waals surface area contributed by atoms with Gasteiger partial charge in [-0.2, -0.15) is 18.4 Å². The molecule has 9 nitrogen and oxygen atoms in total. The summed E-state index contributed by atoms with van der Waals surface area (Å²) >= 11 is 0. The number of alkyl halides is 3. The first-order valence-electron chi connectivity index (χ1n) is 11.7. The Balaban J connectivity index is 1.59. The Morgan fingerprint density at radius 2 is 1.97 bits per heavy atom. The Morgan fingerprint density at radius 3 is 2.61 bits per heavy atom. The standard InChI is InChI=1S/C24H26F3N5O4/c1-13(2)9-18(31-8-7-17(19(31)33)30-22(36)24(25,26)27)20(34)32-12-23(10-14(32)11-28)15-5-3-4-6-16(15)29-21(23)35/h3-6,13-14,17-18H,7-10,12H2,1-2H3,(H,29,35)(H,30,36)/t14-,17-,18-,23-/m0/s1. The molecule has 4 atom stereocenters. The van der Waals surface area contributed by atoms with Crippen LogP contribution in [0, 0.1) is 17.2 Å². The van der Waals surface area contributed by atoms with Gasteiger partial charge in [-0.1, -0.05) is 32.0 Å². The van der Waals surface area contributed by atoms with Crippen LogP contribution in [0.5, 0.6) is 0 Å². The van der Waals surface area contributed by atoms with E-state index >= 15 is 0 Å². The zero-order chi connectivity index (χ0) is 26.4. The molecule has 1 aromatic rings. The molecular formula is C24H26F3N5O4. The fourth-order valence-corrected chi connectivity index (χ4v) is 5.37. The van der Waals surface area contributed by atoms with E-state index in [0.29, 0.717) is 11.3 Å². The normalized spacial score (nSPS) is 26.2. The molecule has 192 valence electrons. The lowest BCUT2D eigenvalue weighted by atomic mass is 9.80. The smallest absolute Gasteiger partial charge is 0.336 e. The lowest BCUT2D eigenvalue weighted by Gasteiger charge is -2.33. The monoisotopic (exact) mass is 505 g/mol. The predicted octanol–water partition coefficient (Wildman–Crippen LogP) is 1.70. The molecule has 0 aliphatic carbocycles. The number of carbonyl (C=O) groups excluding carboxylic acids is 4. The lowest BCUT2D eigenvalue weighted by Crippen LogP contribution is -2.54. The highest BCUT2D eigenvalue weighted by Crippen LogP contribution is 2.46. The summed E-state index contributed by atoms with van der Waals surface area (Å²) in [4.78, 5) is 53.7. The Morgan fingerprint density at radius 1 is 1.28 bits per heavy atom. The van der Waals surface area contributed by atoms with Gasteiger partial charge in [0.25, 0.3) is 0 Å². The maximum absolute atomic E-state index is 13.8. The van der Waals surface area contributed by atoms with Gasteiger partial charge in [0, 0.05) is 25.2 Å². The summed E-state index contributed by atoms with van der Waals surface area (Å²) < 4.78 is 38.1. The van der Waals surface area contributed by atoms with Crippen LogP contribution in [-0.4, -0.2) is 70.8 Å². The van der Waals surface area contributed by atoms with E-state index in [1.54, 1.807) is 29.6 Å². The van der Waals surface area contributed by atoms with Crippen LogP contribution in [-0.2, 0) is 24.6 Å². The molecule has 0 bridgehead atoms. The molecule has 1 spiro atoms. The van der Waals surface area contributed by atoms with Gasteiger partial charge in [0.1, 0.15) is 18.1 Å². The van der Waals surface area contributed by atoms with Crippen LogP contribution in [0.25, 0.3) is 0 Å². The molecule has 36 heavy (non-hydrogen) atoms. The second kappa shape index (κ2) is 9.11. The number of benzene rings is 1. The number of rotatable bonds is 5. The first-order chi connectivity index (χ1) is 16.9. The third-order valence-corrected chi connectivity index (χ3v) is 7.07. The molecule has 3 heterocycles. The summed E-state index contributed by atoms with van der Waals surface area (Å²) in [7, 11) is 0. The van der Waals surface area contributed by atoms with Crippen molar-refractivity contribution >= 4 is 29.3 Å². The Labute approximate surface area is 205 Å². The molecule has 4 rings (SSSR count). The summed E-state index contributed by atoms with van der Waals surface area (Å²) in [6.07, 6.45) is -4.92. The fourth-order valence-electron chi connectivity index (χ4n) is 5.37. The quantitative estimate of drug-likeness (QED) is 0.631. The van der Waals surface area contributed by atoms with Gasteiger partial charge in [-0.25, -0.2) is 0 Å². The third kappa shape index (κ3) is 4.27. The van der Waals surface area contributed by atoms with Crippen molar-refractivity contribution in [3.05, 3.63) is 29.8 Å². The summed E-state index contributed by atoms with van der Waals surface area (Å²) in [6.45, 7) is 3.58. The van der Waals surface area contributed by atoms with E-state index in [0.717, 1.165) is 0 Å². The maximum Gasteiger partial charge on any atom is 0.471 e. The summed E-state index contributed by atoms with van der Waals surface area (Å²) in [5, 5.41) is 14.4. The number of nitrogens with zero attached hydrogens (tertiary/aromatic N) is 3. The van der Waals surface area contributed by atoms with Crippen LogP contribution < -0.4 is 10.6 Å². The van der Waals surface area contributed by atoms with Crippen LogP contribution in [0.4, 0.5) is 18.9 Å². The molecular weight excluding hydrogens is 479 g/mol. The van der Waals surface area contributed by atoms with Crippen molar-refractivity contribution in [2.45, 2.75) is 62.8 Å². The van der Waals surface area contributed by atoms with Crippen LogP contribution in [0.1, 0.15) is 38.7 Å². The van der Waals surface area contributed by atoms with Crippen molar-refractivity contribution in [1.29, 1.82) is 5.26 Å². The molecule has 0 aromatic heterocycles. The minimum absolute atomic E-state index is 0.0235. The van der Waals surface area contributed by atoms with Gasteiger partial charge in [-0.3, -0.25) is 19.2 Å². The minimum atomic E-state index is -5.14. The zero-order valence-corrected chi connectivity index (χ0v) is 19.8. The number of nitriles is 1. The summed E-state index contributed by atoms with van der Waals surface area (Å²) in [5.74, 6) is -3.92. The molecule has 0 saturated carbocycles. The number of likely N-dealkylation sites (tertiary alicyclic amines) is 2. The van der Waals surface area contributed by atoms with Crippen LogP contribution in [0.2, 0.25) is 0 Å². The maximum atomic E-state index is 13.8. The van der Waals surface area contributed by atoms with E-state index in [9.17, 15) is 37.6 Å². The first kappa shape index (κ1) is 25.5. The molecule has 12 heteroatoms. The van der Waals surface area contributed by atoms with Gasteiger partial charge in [0.2, 0.25) is 17.7 Å². The summed E-state index contributed by atoms with van der Waals surface area (Å²) in [5.41, 5.74) is 0.205. The largest absolute Gasteiger partial charge is 0.471 e. The van der Waals surface area contributed by atoms with E-state index < -0.39 is 47.4 Å². The molecule has 0 radical (unpaired) electrons. The van der Waals surface area contributed by atoms with E-state index in [4.69, 9.17) is 0 Å². The highest BCUT2D eigenvalue weighted by atomic mass is 19.4. The lowest BCUT2D eigenvalue weighted by molar-refractivity contribution is -0.174. The fraction of sp³-hybridized carbons (Fsp3) is 0.542. The SMILES string of the molecule is CC(C)C[C@@H](C(=O)N1C[C@]2(C[C@H]1C#N)C(=O)Nc1ccccc12)N1CC[C@H](NC(=O)C(F)(F)F)C1=O. The Hall–Kier alpha value is -3.62. The number of carbonyl (C=O) groups is 4. The van der Waals surface area contributed by atoms with Crippen LogP contribution >= 0.6 is 0 Å². The first-order valence-corrected chi connectivity index (χ1v) is 11.7. The van der Waals surface area contributed by atoms with E-state index in [-0.39, 0.29) is 44.2 Å². The van der Waals surface area contributed by atoms with E-state index in [1.807, 2.05) is 13.8 Å². The zero-order valence-electron chi connectivity index (χ0n) is 19.8. The van der Waals surface area contributed by atoms with Gasteiger partial charge in [-0.05, 0) is 30.4 Å². The number of hydrogen-bond donors (Lipinski definition) is 2. The molecule has 1 aromatic carbocycles. The van der Waals surface area contributed by atoms with Crippen molar-refractivity contribution in [2.24, 2.45) is 5.92 Å². The molecule has 0 unspecified atom stereocenters. The Kier molecular flexibility index (Phi) is 6.45.